The number of benzene rings is 3. The van der Waals surface area contributed by atoms with Crippen molar-refractivity contribution in [3.05, 3.63) is 111 Å². The first-order valence-corrected chi connectivity index (χ1v) is 11.7. The summed E-state index contributed by atoms with van der Waals surface area (Å²) in [5.74, 6) is -2.97. The number of rotatable bonds is 5. The number of Topliss-reactive ketones (excluding diaryl/α,β-unsaturated/α-hetero) is 1. The number of thiazole rings is 1. The van der Waals surface area contributed by atoms with Gasteiger partial charge in [0.15, 0.2) is 16.7 Å². The van der Waals surface area contributed by atoms with Crippen LogP contribution in [0.25, 0.3) is 21.2 Å². The molecule has 0 bridgehead atoms. The van der Waals surface area contributed by atoms with Gasteiger partial charge >= 0.3 is 0 Å². The summed E-state index contributed by atoms with van der Waals surface area (Å²) in [7, 11) is 0. The molecule has 0 radical (unpaired) electrons. The maximum absolute atomic E-state index is 13.8. The van der Waals surface area contributed by atoms with E-state index >= 15 is 0 Å². The van der Waals surface area contributed by atoms with Crippen LogP contribution in [0.1, 0.15) is 22.2 Å². The van der Waals surface area contributed by atoms with Crippen molar-refractivity contribution in [2.45, 2.75) is 6.04 Å². The summed E-state index contributed by atoms with van der Waals surface area (Å²) in [6, 6.07) is 16.5. The molecule has 9 nitrogen and oxygen atoms in total. The zero-order valence-electron chi connectivity index (χ0n) is 18.6. The van der Waals surface area contributed by atoms with Crippen LogP contribution in [0.4, 0.5) is 15.2 Å². The Labute approximate surface area is 210 Å². The molecule has 1 amide bonds. The van der Waals surface area contributed by atoms with Crippen molar-refractivity contribution in [3.63, 3.8) is 0 Å². The van der Waals surface area contributed by atoms with Gasteiger partial charge in [-0.2, -0.15) is 0 Å². The SMILES string of the molecule is O=C(C1=C(O)C(=O)N(c2nc3ccc(F)cc3s2)C1c1ccc([N+](=O)[O-])cc1)c1cc2ccccc2o1. The Balaban J connectivity index is 1.51. The Morgan fingerprint density at radius 2 is 1.86 bits per heavy atom. The lowest BCUT2D eigenvalue weighted by Crippen LogP contribution is -2.30. The van der Waals surface area contributed by atoms with E-state index in [0.29, 0.717) is 26.7 Å². The number of hydrogen-bond donors (Lipinski definition) is 1. The fraction of sp³-hybridized carbons (Fsp3) is 0.0385. The highest BCUT2D eigenvalue weighted by Gasteiger charge is 2.46. The van der Waals surface area contributed by atoms with E-state index in [9.17, 15) is 29.2 Å². The number of nitro benzene ring substituents is 1. The molecule has 1 unspecified atom stereocenters. The highest BCUT2D eigenvalue weighted by Crippen LogP contribution is 2.44. The number of carbonyl (C=O) groups is 2. The number of non-ortho nitro benzene ring substituents is 1. The van der Waals surface area contributed by atoms with E-state index in [-0.39, 0.29) is 22.2 Å². The number of furan rings is 1. The normalized spacial score (nSPS) is 15.8. The standard InChI is InChI=1S/C26H14FN3O6S/c27-15-7-10-17-20(12-15)37-26(28-17)29-22(13-5-8-16(9-6-13)30(34)35)21(24(32)25(29)33)23(31)19-11-14-3-1-2-4-18(14)36-19/h1-12,22,32H. The molecule has 182 valence electrons. The molecular formula is C26H14FN3O6S. The van der Waals surface area contributed by atoms with Gasteiger partial charge in [-0.1, -0.05) is 29.5 Å². The maximum Gasteiger partial charge on any atom is 0.296 e. The fourth-order valence-corrected chi connectivity index (χ4v) is 5.36. The zero-order chi connectivity index (χ0) is 25.8. The van der Waals surface area contributed by atoms with Crippen molar-refractivity contribution in [2.24, 2.45) is 0 Å². The molecule has 2 aromatic heterocycles. The van der Waals surface area contributed by atoms with Gasteiger partial charge in [0.2, 0.25) is 5.78 Å². The van der Waals surface area contributed by atoms with E-state index in [4.69, 9.17) is 4.42 Å². The largest absolute Gasteiger partial charge is 0.503 e. The predicted octanol–water partition coefficient (Wildman–Crippen LogP) is 5.87. The topological polar surface area (TPSA) is 127 Å². The third-order valence-corrected chi connectivity index (χ3v) is 7.08. The predicted molar refractivity (Wildman–Crippen MR) is 133 cm³/mol. The Bertz CT molecular complexity index is 1760. The molecule has 0 fully saturated rings. The van der Waals surface area contributed by atoms with Crippen LogP contribution in [0.5, 0.6) is 0 Å². The molecule has 0 aliphatic carbocycles. The Kier molecular flexibility index (Phi) is 5.09. The number of carbonyl (C=O) groups excluding carboxylic acids is 2. The molecule has 6 rings (SSSR count). The molecule has 1 aliphatic rings. The monoisotopic (exact) mass is 515 g/mol. The molecule has 3 aromatic carbocycles. The van der Waals surface area contributed by atoms with Gasteiger partial charge in [0.1, 0.15) is 11.4 Å². The number of para-hydroxylation sites is 1. The number of halogens is 1. The van der Waals surface area contributed by atoms with Gasteiger partial charge in [-0.05, 0) is 48.0 Å². The number of fused-ring (bicyclic) bond motifs is 2. The average molecular weight is 515 g/mol. The quantitative estimate of drug-likeness (QED) is 0.176. The van der Waals surface area contributed by atoms with Gasteiger partial charge in [-0.25, -0.2) is 9.37 Å². The molecule has 0 spiro atoms. The summed E-state index contributed by atoms with van der Waals surface area (Å²) in [5.41, 5.74) is 0.755. The second-order valence-electron chi connectivity index (χ2n) is 8.27. The summed E-state index contributed by atoms with van der Waals surface area (Å²) < 4.78 is 19.9. The van der Waals surface area contributed by atoms with Crippen molar-refractivity contribution >= 4 is 55.0 Å². The highest BCUT2D eigenvalue weighted by molar-refractivity contribution is 7.22. The number of anilines is 1. The number of hydrogen-bond acceptors (Lipinski definition) is 8. The Hall–Kier alpha value is -4.90. The molecule has 11 heteroatoms. The van der Waals surface area contributed by atoms with Gasteiger partial charge in [-0.15, -0.1) is 0 Å². The minimum Gasteiger partial charge on any atom is -0.503 e. The van der Waals surface area contributed by atoms with Gasteiger partial charge in [0.25, 0.3) is 11.6 Å². The summed E-state index contributed by atoms with van der Waals surface area (Å²) in [4.78, 5) is 43.2. The van der Waals surface area contributed by atoms with Crippen LogP contribution in [0, 0.1) is 15.9 Å². The third kappa shape index (κ3) is 3.64. The lowest BCUT2D eigenvalue weighted by Gasteiger charge is -2.24. The van der Waals surface area contributed by atoms with E-state index in [1.807, 2.05) is 0 Å². The number of nitrogens with zero attached hydrogens (tertiary/aromatic N) is 3. The van der Waals surface area contributed by atoms with Crippen molar-refractivity contribution < 1.29 is 28.4 Å². The highest BCUT2D eigenvalue weighted by atomic mass is 32.1. The first-order valence-electron chi connectivity index (χ1n) is 10.9. The van der Waals surface area contributed by atoms with Crippen LogP contribution >= 0.6 is 11.3 Å². The zero-order valence-corrected chi connectivity index (χ0v) is 19.4. The molecule has 37 heavy (non-hydrogen) atoms. The minimum absolute atomic E-state index is 0.0873. The number of nitro groups is 1. The number of aliphatic hydroxyl groups excluding tert-OH is 1. The molecule has 1 atom stereocenters. The second kappa shape index (κ2) is 8.35. The van der Waals surface area contributed by atoms with Crippen LogP contribution in [-0.4, -0.2) is 26.7 Å². The number of aromatic nitrogens is 1. The van der Waals surface area contributed by atoms with Crippen LogP contribution in [0.15, 0.2) is 88.5 Å². The van der Waals surface area contributed by atoms with Crippen molar-refractivity contribution in [1.82, 2.24) is 4.98 Å². The van der Waals surface area contributed by atoms with Crippen molar-refractivity contribution in [3.8, 4) is 0 Å². The molecule has 0 saturated heterocycles. The minimum atomic E-state index is -1.17. The molecular weight excluding hydrogens is 501 g/mol. The van der Waals surface area contributed by atoms with E-state index in [2.05, 4.69) is 4.98 Å². The van der Waals surface area contributed by atoms with Crippen LogP contribution in [0.2, 0.25) is 0 Å². The number of ketones is 1. The second-order valence-corrected chi connectivity index (χ2v) is 9.28. The van der Waals surface area contributed by atoms with E-state index in [1.165, 1.54) is 48.5 Å². The first-order chi connectivity index (χ1) is 17.8. The maximum atomic E-state index is 13.8. The van der Waals surface area contributed by atoms with Crippen LogP contribution in [-0.2, 0) is 4.79 Å². The average Bonchev–Trinajstić information content (AvgIpc) is 3.57. The van der Waals surface area contributed by atoms with Crippen LogP contribution < -0.4 is 4.90 Å². The molecule has 0 saturated carbocycles. The summed E-state index contributed by atoms with van der Waals surface area (Å²) >= 11 is 1.01. The van der Waals surface area contributed by atoms with E-state index < -0.39 is 34.2 Å². The number of amides is 1. The summed E-state index contributed by atoms with van der Waals surface area (Å²) in [5, 5.41) is 22.9. The number of aliphatic hydroxyl groups is 1. The van der Waals surface area contributed by atoms with Gasteiger partial charge < -0.3 is 9.52 Å². The lowest BCUT2D eigenvalue weighted by molar-refractivity contribution is -0.384. The van der Waals surface area contributed by atoms with Crippen LogP contribution in [0.3, 0.4) is 0 Å². The van der Waals surface area contributed by atoms with Gasteiger partial charge in [0.05, 0.1) is 26.8 Å². The fourth-order valence-electron chi connectivity index (χ4n) is 4.34. The van der Waals surface area contributed by atoms with E-state index in [1.54, 1.807) is 24.3 Å². The van der Waals surface area contributed by atoms with Gasteiger partial charge in [-0.3, -0.25) is 24.6 Å². The van der Waals surface area contributed by atoms with E-state index in [0.717, 1.165) is 16.2 Å². The Morgan fingerprint density at radius 1 is 1.11 bits per heavy atom. The van der Waals surface area contributed by atoms with Crippen molar-refractivity contribution in [2.75, 3.05) is 4.90 Å². The molecule has 1 N–H and O–H groups in total. The van der Waals surface area contributed by atoms with Gasteiger partial charge in [0, 0.05) is 17.5 Å². The first kappa shape index (κ1) is 22.6. The smallest absolute Gasteiger partial charge is 0.296 e. The molecule has 1 aliphatic heterocycles. The Morgan fingerprint density at radius 3 is 2.59 bits per heavy atom. The summed E-state index contributed by atoms with van der Waals surface area (Å²) in [6.07, 6.45) is 0. The lowest BCUT2D eigenvalue weighted by atomic mass is 9.95. The summed E-state index contributed by atoms with van der Waals surface area (Å²) in [6.45, 7) is 0. The molecule has 5 aromatic rings. The molecule has 3 heterocycles. The van der Waals surface area contributed by atoms with Crippen molar-refractivity contribution in [1.29, 1.82) is 0 Å². The third-order valence-electron chi connectivity index (χ3n) is 6.07.